The third-order valence-electron chi connectivity index (χ3n) is 5.70. The van der Waals surface area contributed by atoms with Gasteiger partial charge in [-0.05, 0) is 49.2 Å². The standard InChI is InChI=1S/C22H21N5O4/c1-30-20-17(28)6-4-14-5-7-18(27(29)19(14)20)26-11-8-15(9-12-26)22-24-21(25-31-22)16-3-2-10-23-13-16/h2-7,10,13,15,29H,8-9,11-12H2,1H3. The number of aromatic nitrogens is 4. The van der Waals surface area contributed by atoms with Crippen molar-refractivity contribution in [3.63, 3.8) is 0 Å². The van der Waals surface area contributed by atoms with Crippen molar-refractivity contribution in [2.45, 2.75) is 18.8 Å². The summed E-state index contributed by atoms with van der Waals surface area (Å²) in [6, 6.07) is 10.6. The topological polar surface area (TPSA) is 107 Å². The highest BCUT2D eigenvalue weighted by Gasteiger charge is 2.28. The van der Waals surface area contributed by atoms with Crippen molar-refractivity contribution in [2.24, 2.45) is 0 Å². The third kappa shape index (κ3) is 3.37. The van der Waals surface area contributed by atoms with Gasteiger partial charge in [0, 0.05) is 42.5 Å². The number of fused-ring (bicyclic) bond motifs is 1. The van der Waals surface area contributed by atoms with E-state index in [-0.39, 0.29) is 17.1 Å². The van der Waals surface area contributed by atoms with Crippen LogP contribution in [0.3, 0.4) is 0 Å². The molecule has 0 atom stereocenters. The number of hydrogen-bond donors (Lipinski definition) is 1. The fraction of sp³-hybridized carbons (Fsp3) is 0.273. The summed E-state index contributed by atoms with van der Waals surface area (Å²) >= 11 is 0. The molecule has 3 aliphatic rings. The molecule has 2 aliphatic heterocycles. The Kier molecular flexibility index (Phi) is 4.78. The molecule has 0 saturated carbocycles. The van der Waals surface area contributed by atoms with Crippen molar-refractivity contribution in [1.82, 2.24) is 19.9 Å². The van der Waals surface area contributed by atoms with Crippen LogP contribution in [0.1, 0.15) is 24.7 Å². The maximum atomic E-state index is 12.1. The Morgan fingerprint density at radius 1 is 1.13 bits per heavy atom. The highest BCUT2D eigenvalue weighted by Crippen LogP contribution is 2.35. The van der Waals surface area contributed by atoms with Crippen molar-refractivity contribution < 1.29 is 14.5 Å². The average Bonchev–Trinajstić information content (AvgIpc) is 3.31. The summed E-state index contributed by atoms with van der Waals surface area (Å²) in [5.41, 5.74) is 1.65. The van der Waals surface area contributed by atoms with Gasteiger partial charge in [-0.25, -0.2) is 0 Å². The molecule has 5 rings (SSSR count). The van der Waals surface area contributed by atoms with E-state index in [0.717, 1.165) is 28.7 Å². The molecule has 0 bridgehead atoms. The van der Waals surface area contributed by atoms with Crippen LogP contribution in [0.5, 0.6) is 5.75 Å². The number of nitrogens with zero attached hydrogens (tertiary/aromatic N) is 5. The van der Waals surface area contributed by atoms with Crippen molar-refractivity contribution in [1.29, 1.82) is 0 Å². The molecular formula is C22H21N5O4. The summed E-state index contributed by atoms with van der Waals surface area (Å²) in [5.74, 6) is 2.03. The van der Waals surface area contributed by atoms with Gasteiger partial charge in [-0.1, -0.05) is 5.16 Å². The van der Waals surface area contributed by atoms with Crippen molar-refractivity contribution in [3.8, 4) is 28.4 Å². The van der Waals surface area contributed by atoms with Gasteiger partial charge in [0.05, 0.1) is 7.11 Å². The van der Waals surface area contributed by atoms with Crippen LogP contribution in [-0.2, 0) is 0 Å². The van der Waals surface area contributed by atoms with Gasteiger partial charge in [-0.15, -0.1) is 0 Å². The summed E-state index contributed by atoms with van der Waals surface area (Å²) in [6.45, 7) is 1.39. The largest absolute Gasteiger partial charge is 0.491 e. The number of piperidine rings is 1. The number of ether oxygens (including phenoxy) is 1. The summed E-state index contributed by atoms with van der Waals surface area (Å²) in [5, 5.41) is 14.9. The number of benzene rings is 1. The Morgan fingerprint density at radius 3 is 2.68 bits per heavy atom. The van der Waals surface area contributed by atoms with E-state index in [0.29, 0.717) is 36.3 Å². The van der Waals surface area contributed by atoms with Gasteiger partial charge in [-0.2, -0.15) is 9.71 Å². The molecule has 0 radical (unpaired) electrons. The molecule has 1 aliphatic carbocycles. The van der Waals surface area contributed by atoms with Crippen LogP contribution in [-0.4, -0.2) is 45.3 Å². The Hall–Kier alpha value is -3.88. The van der Waals surface area contributed by atoms with Gasteiger partial charge in [0.2, 0.25) is 17.1 Å². The molecular weight excluding hydrogens is 398 g/mol. The van der Waals surface area contributed by atoms with Gasteiger partial charge in [0.1, 0.15) is 11.5 Å². The highest BCUT2D eigenvalue weighted by molar-refractivity contribution is 5.71. The maximum Gasteiger partial charge on any atom is 0.230 e. The Morgan fingerprint density at radius 2 is 1.94 bits per heavy atom. The lowest BCUT2D eigenvalue weighted by molar-refractivity contribution is 0.187. The van der Waals surface area contributed by atoms with Crippen LogP contribution < -0.4 is 15.1 Å². The van der Waals surface area contributed by atoms with Crippen molar-refractivity contribution in [3.05, 3.63) is 64.9 Å². The lowest BCUT2D eigenvalue weighted by Gasteiger charge is -2.33. The maximum absolute atomic E-state index is 12.1. The minimum absolute atomic E-state index is 0.130. The average molecular weight is 419 g/mol. The van der Waals surface area contributed by atoms with Crippen molar-refractivity contribution in [2.75, 3.05) is 25.1 Å². The molecule has 1 N–H and O–H groups in total. The minimum Gasteiger partial charge on any atom is -0.491 e. The van der Waals surface area contributed by atoms with E-state index >= 15 is 0 Å². The second-order valence-corrected chi connectivity index (χ2v) is 7.50. The van der Waals surface area contributed by atoms with Crippen LogP contribution in [0, 0.1) is 0 Å². The van der Waals surface area contributed by atoms with E-state index in [2.05, 4.69) is 20.0 Å². The van der Waals surface area contributed by atoms with Crippen LogP contribution in [0.2, 0.25) is 0 Å². The summed E-state index contributed by atoms with van der Waals surface area (Å²) in [4.78, 5) is 22.8. The lowest BCUT2D eigenvalue weighted by Crippen LogP contribution is -2.35. The first kappa shape index (κ1) is 19.1. The van der Waals surface area contributed by atoms with E-state index in [1.165, 1.54) is 13.2 Å². The van der Waals surface area contributed by atoms with E-state index in [4.69, 9.17) is 9.26 Å². The number of anilines is 1. The SMILES string of the molecule is COc1c2n(O)c(N3CCC(c4nc(-c5cccnc5)no4)CC3)ccc-2ccc1=O. The molecule has 9 heteroatoms. The van der Waals surface area contributed by atoms with E-state index in [1.54, 1.807) is 18.5 Å². The van der Waals surface area contributed by atoms with Crippen LogP contribution in [0.15, 0.2) is 58.1 Å². The first-order valence-electron chi connectivity index (χ1n) is 10.1. The molecule has 0 amide bonds. The Balaban J connectivity index is 1.36. The predicted molar refractivity (Wildman–Crippen MR) is 113 cm³/mol. The van der Waals surface area contributed by atoms with Crippen LogP contribution in [0.4, 0.5) is 5.82 Å². The number of hydrogen-bond acceptors (Lipinski definition) is 8. The quantitative estimate of drug-likeness (QED) is 0.503. The predicted octanol–water partition coefficient (Wildman–Crippen LogP) is 3.03. The van der Waals surface area contributed by atoms with Crippen LogP contribution in [0.25, 0.3) is 22.6 Å². The zero-order chi connectivity index (χ0) is 21.4. The molecule has 0 unspecified atom stereocenters. The molecule has 1 saturated heterocycles. The van der Waals surface area contributed by atoms with Crippen molar-refractivity contribution >= 4 is 5.82 Å². The van der Waals surface area contributed by atoms with E-state index in [1.807, 2.05) is 24.3 Å². The monoisotopic (exact) mass is 419 g/mol. The molecule has 0 spiro atoms. The molecule has 0 aromatic carbocycles. The molecule has 9 nitrogen and oxygen atoms in total. The summed E-state index contributed by atoms with van der Waals surface area (Å²) < 4.78 is 11.8. The normalized spacial score (nSPS) is 14.8. The van der Waals surface area contributed by atoms with Gasteiger partial charge in [0.15, 0.2) is 5.75 Å². The second-order valence-electron chi connectivity index (χ2n) is 7.50. The lowest BCUT2D eigenvalue weighted by atomic mass is 9.96. The van der Waals surface area contributed by atoms with E-state index in [9.17, 15) is 10.0 Å². The highest BCUT2D eigenvalue weighted by atomic mass is 16.5. The first-order chi connectivity index (χ1) is 15.2. The van der Waals surface area contributed by atoms with Gasteiger partial charge in [-0.3, -0.25) is 9.78 Å². The summed E-state index contributed by atoms with van der Waals surface area (Å²) in [7, 11) is 1.43. The van der Waals surface area contributed by atoms with Gasteiger partial charge in [0.25, 0.3) is 0 Å². The van der Waals surface area contributed by atoms with E-state index < -0.39 is 0 Å². The molecule has 158 valence electrons. The van der Waals surface area contributed by atoms with Crippen LogP contribution >= 0.6 is 0 Å². The molecule has 1 fully saturated rings. The second kappa shape index (κ2) is 7.75. The fourth-order valence-corrected chi connectivity index (χ4v) is 4.08. The number of methoxy groups -OCH3 is 1. The molecule has 2 aromatic heterocycles. The zero-order valence-electron chi connectivity index (χ0n) is 16.9. The minimum atomic E-state index is -0.269. The Bertz CT molecular complexity index is 1230. The molecule has 4 heterocycles. The van der Waals surface area contributed by atoms with Gasteiger partial charge >= 0.3 is 0 Å². The molecule has 31 heavy (non-hydrogen) atoms. The number of rotatable bonds is 4. The smallest absolute Gasteiger partial charge is 0.230 e. The summed E-state index contributed by atoms with van der Waals surface area (Å²) in [6.07, 6.45) is 5.00. The Labute approximate surface area is 177 Å². The first-order valence-corrected chi connectivity index (χ1v) is 10.1. The molecule has 2 aromatic rings. The third-order valence-corrected chi connectivity index (χ3v) is 5.70. The van der Waals surface area contributed by atoms with Gasteiger partial charge < -0.3 is 19.4 Å². The fourth-order valence-electron chi connectivity index (χ4n) is 4.08. The zero-order valence-corrected chi connectivity index (χ0v) is 16.9. The number of pyridine rings is 2.